The first kappa shape index (κ1) is 17.7. The molecule has 0 saturated carbocycles. The molecule has 0 aromatic heterocycles. The summed E-state index contributed by atoms with van der Waals surface area (Å²) in [5, 5.41) is 0. The summed E-state index contributed by atoms with van der Waals surface area (Å²) >= 11 is 6.20. The number of halogens is 1. The van der Waals surface area contributed by atoms with Crippen molar-refractivity contribution in [3.8, 4) is 0 Å². The van der Waals surface area contributed by atoms with Crippen molar-refractivity contribution in [3.05, 3.63) is 35.9 Å². The molecule has 20 heavy (non-hydrogen) atoms. The summed E-state index contributed by atoms with van der Waals surface area (Å²) in [6.07, 6.45) is 0.816. The molecule has 0 saturated heterocycles. The van der Waals surface area contributed by atoms with Gasteiger partial charge in [-0.15, -0.1) is 11.6 Å². The second-order valence-corrected chi connectivity index (χ2v) is 7.64. The van der Waals surface area contributed by atoms with E-state index in [0.29, 0.717) is 25.7 Å². The van der Waals surface area contributed by atoms with Crippen molar-refractivity contribution in [2.75, 3.05) is 25.7 Å². The van der Waals surface area contributed by atoms with Crippen molar-refractivity contribution in [1.29, 1.82) is 0 Å². The number of alkyl halides is 1. The summed E-state index contributed by atoms with van der Waals surface area (Å²) in [6, 6.07) is 10.3. The average molecular weight is 317 g/mol. The quantitative estimate of drug-likeness (QED) is 0.484. The van der Waals surface area contributed by atoms with Crippen LogP contribution in [0.25, 0.3) is 0 Å². The summed E-state index contributed by atoms with van der Waals surface area (Å²) < 4.78 is 17.8. The highest BCUT2D eigenvalue weighted by atomic mass is 35.5. The van der Waals surface area contributed by atoms with Crippen LogP contribution in [0.5, 0.6) is 0 Å². The Hall–Kier alpha value is -0.393. The summed E-state index contributed by atoms with van der Waals surface area (Å²) in [5.74, 6) is 0.473. The van der Waals surface area contributed by atoms with Gasteiger partial charge in [0.05, 0.1) is 0 Å². The van der Waals surface area contributed by atoms with E-state index in [9.17, 15) is 0 Å². The lowest BCUT2D eigenvalue weighted by Gasteiger charge is -2.34. The monoisotopic (exact) mass is 316 g/mol. The fraction of sp³-hybridized carbons (Fsp3) is 0.600. The van der Waals surface area contributed by atoms with Crippen molar-refractivity contribution >= 4 is 20.4 Å². The molecule has 0 bridgehead atoms. The third-order valence-electron chi connectivity index (χ3n) is 3.05. The van der Waals surface area contributed by atoms with Crippen molar-refractivity contribution < 1.29 is 13.3 Å². The zero-order valence-corrected chi connectivity index (χ0v) is 14.4. The Morgan fingerprint density at radius 2 is 1.45 bits per heavy atom. The molecule has 0 amide bonds. The van der Waals surface area contributed by atoms with E-state index in [4.69, 9.17) is 24.9 Å². The fourth-order valence-corrected chi connectivity index (χ4v) is 5.77. The molecule has 0 aliphatic heterocycles. The Morgan fingerprint density at radius 3 is 1.85 bits per heavy atom. The smallest absolute Gasteiger partial charge is 0.374 e. The molecule has 0 N–H and O–H groups in total. The predicted octanol–water partition coefficient (Wildman–Crippen LogP) is 3.89. The first-order valence-electron chi connectivity index (χ1n) is 7.24. The molecule has 114 valence electrons. The summed E-state index contributed by atoms with van der Waals surface area (Å²) in [6.45, 7) is 7.63. The van der Waals surface area contributed by atoms with Crippen LogP contribution in [-0.2, 0) is 19.7 Å². The largest absolute Gasteiger partial charge is 0.505 e. The molecule has 1 unspecified atom stereocenters. The fourth-order valence-electron chi connectivity index (χ4n) is 2.25. The molecule has 1 rings (SSSR count). The number of hydrogen-bond acceptors (Lipinski definition) is 3. The Bertz CT molecular complexity index is 344. The molecule has 3 nitrogen and oxygen atoms in total. The Kier molecular flexibility index (Phi) is 8.41. The standard InChI is InChI=1S/C15H25ClO3Si/c1-4-17-20(18-5-2,19-6-3)15(13-16)12-14-10-8-7-9-11-14/h7-11,15H,4-6,12-13H2,1-3H3. The van der Waals surface area contributed by atoms with Gasteiger partial charge in [0, 0.05) is 31.2 Å². The maximum absolute atomic E-state index is 6.20. The van der Waals surface area contributed by atoms with Crippen LogP contribution in [0.15, 0.2) is 30.3 Å². The van der Waals surface area contributed by atoms with Gasteiger partial charge in [-0.3, -0.25) is 0 Å². The molecule has 0 aliphatic rings. The van der Waals surface area contributed by atoms with Crippen LogP contribution in [0.2, 0.25) is 5.54 Å². The van der Waals surface area contributed by atoms with Crippen LogP contribution in [-0.4, -0.2) is 34.5 Å². The van der Waals surface area contributed by atoms with Crippen LogP contribution >= 0.6 is 11.6 Å². The summed E-state index contributed by atoms with van der Waals surface area (Å²) in [7, 11) is -2.74. The van der Waals surface area contributed by atoms with Crippen molar-refractivity contribution in [2.45, 2.75) is 32.7 Å². The summed E-state index contributed by atoms with van der Waals surface area (Å²) in [5.41, 5.74) is 1.31. The van der Waals surface area contributed by atoms with Crippen LogP contribution in [0.4, 0.5) is 0 Å². The normalized spacial score (nSPS) is 13.4. The minimum atomic E-state index is -2.74. The molecule has 0 aliphatic carbocycles. The molecule has 0 fully saturated rings. The molecule has 0 spiro atoms. The van der Waals surface area contributed by atoms with Gasteiger partial charge in [0.2, 0.25) is 0 Å². The van der Waals surface area contributed by atoms with Gasteiger partial charge < -0.3 is 13.3 Å². The van der Waals surface area contributed by atoms with Crippen LogP contribution < -0.4 is 0 Å². The van der Waals surface area contributed by atoms with Gasteiger partial charge in [-0.1, -0.05) is 30.3 Å². The minimum Gasteiger partial charge on any atom is -0.374 e. The van der Waals surface area contributed by atoms with Gasteiger partial charge in [0.25, 0.3) is 0 Å². The Balaban J connectivity index is 2.93. The van der Waals surface area contributed by atoms with Gasteiger partial charge in [0.1, 0.15) is 0 Å². The van der Waals surface area contributed by atoms with Gasteiger partial charge in [0.15, 0.2) is 0 Å². The third kappa shape index (κ3) is 4.86. The van der Waals surface area contributed by atoms with E-state index < -0.39 is 8.80 Å². The predicted molar refractivity (Wildman–Crippen MR) is 85.2 cm³/mol. The minimum absolute atomic E-state index is 0.0754. The van der Waals surface area contributed by atoms with Crippen LogP contribution in [0.1, 0.15) is 26.3 Å². The maximum atomic E-state index is 6.20. The molecular formula is C15H25ClO3Si. The lowest BCUT2D eigenvalue weighted by Crippen LogP contribution is -2.51. The van der Waals surface area contributed by atoms with Crippen LogP contribution in [0, 0.1) is 0 Å². The highest BCUT2D eigenvalue weighted by Crippen LogP contribution is 2.31. The topological polar surface area (TPSA) is 27.7 Å². The van der Waals surface area contributed by atoms with E-state index in [1.54, 1.807) is 0 Å². The highest BCUT2D eigenvalue weighted by Gasteiger charge is 2.48. The van der Waals surface area contributed by atoms with Crippen molar-refractivity contribution in [2.24, 2.45) is 0 Å². The molecule has 1 atom stereocenters. The first-order chi connectivity index (χ1) is 9.72. The van der Waals surface area contributed by atoms with E-state index >= 15 is 0 Å². The lowest BCUT2D eigenvalue weighted by molar-refractivity contribution is 0.0627. The van der Waals surface area contributed by atoms with E-state index in [0.717, 1.165) is 6.42 Å². The van der Waals surface area contributed by atoms with Gasteiger partial charge in [-0.25, -0.2) is 0 Å². The van der Waals surface area contributed by atoms with E-state index in [2.05, 4.69) is 12.1 Å². The van der Waals surface area contributed by atoms with E-state index in [1.165, 1.54) is 5.56 Å². The zero-order valence-electron chi connectivity index (χ0n) is 12.6. The molecule has 0 radical (unpaired) electrons. The number of rotatable bonds is 10. The first-order valence-corrected chi connectivity index (χ1v) is 9.57. The lowest BCUT2D eigenvalue weighted by atomic mass is 10.1. The van der Waals surface area contributed by atoms with E-state index in [1.807, 2.05) is 39.0 Å². The SMILES string of the molecule is CCO[Si](OCC)(OCC)C(CCl)Cc1ccccc1. The van der Waals surface area contributed by atoms with Crippen LogP contribution in [0.3, 0.4) is 0 Å². The summed E-state index contributed by atoms with van der Waals surface area (Å²) in [4.78, 5) is 0. The van der Waals surface area contributed by atoms with E-state index in [-0.39, 0.29) is 5.54 Å². The zero-order chi connectivity index (χ0) is 14.8. The molecular weight excluding hydrogens is 292 g/mol. The molecule has 0 heterocycles. The third-order valence-corrected chi connectivity index (χ3v) is 7.16. The number of hydrogen-bond donors (Lipinski definition) is 0. The maximum Gasteiger partial charge on any atom is 0.505 e. The molecule has 1 aromatic carbocycles. The van der Waals surface area contributed by atoms with Crippen molar-refractivity contribution in [3.63, 3.8) is 0 Å². The Morgan fingerprint density at radius 1 is 0.950 bits per heavy atom. The van der Waals surface area contributed by atoms with Gasteiger partial charge in [-0.2, -0.15) is 0 Å². The average Bonchev–Trinajstić information content (AvgIpc) is 2.46. The molecule has 1 aromatic rings. The highest BCUT2D eigenvalue weighted by molar-refractivity contribution is 6.63. The second kappa shape index (κ2) is 9.53. The molecule has 5 heteroatoms. The van der Waals surface area contributed by atoms with Gasteiger partial charge >= 0.3 is 8.80 Å². The number of benzene rings is 1. The Labute approximate surface area is 128 Å². The van der Waals surface area contributed by atoms with Gasteiger partial charge in [-0.05, 0) is 32.8 Å². The second-order valence-electron chi connectivity index (χ2n) is 4.44. The van der Waals surface area contributed by atoms with Crippen molar-refractivity contribution in [1.82, 2.24) is 0 Å².